The van der Waals surface area contributed by atoms with E-state index < -0.39 is 0 Å². The van der Waals surface area contributed by atoms with Crippen molar-refractivity contribution in [2.45, 2.75) is 33.4 Å². The van der Waals surface area contributed by atoms with E-state index in [4.69, 9.17) is 14.5 Å². The summed E-state index contributed by atoms with van der Waals surface area (Å²) in [6.07, 6.45) is 0.915. The molecule has 2 N–H and O–H groups in total. The van der Waals surface area contributed by atoms with Gasteiger partial charge in [0.2, 0.25) is 5.91 Å². The SMILES string of the molecule is CCNC(=NCc1cccc(NC(C)=O)c1)N1CCc2cc(OC)c(OC)cc2C1.I. The summed E-state index contributed by atoms with van der Waals surface area (Å²) in [4.78, 5) is 18.4. The minimum absolute atomic E-state index is 0. The van der Waals surface area contributed by atoms with Gasteiger partial charge in [-0.25, -0.2) is 4.99 Å². The molecule has 1 aliphatic rings. The standard InChI is InChI=1S/C23H30N4O3.HI/c1-5-24-23(25-14-17-7-6-8-20(11-17)26-16(2)28)27-10-9-18-12-21(29-3)22(30-4)13-19(18)15-27;/h6-8,11-13H,5,9-10,14-15H2,1-4H3,(H,24,25)(H,26,28);1H. The van der Waals surface area contributed by atoms with Crippen molar-refractivity contribution in [3.63, 3.8) is 0 Å². The highest BCUT2D eigenvalue weighted by atomic mass is 127. The van der Waals surface area contributed by atoms with Crippen LogP contribution in [-0.2, 0) is 24.3 Å². The number of carbonyl (C=O) groups is 1. The molecule has 0 saturated carbocycles. The molecule has 1 aliphatic heterocycles. The van der Waals surface area contributed by atoms with Gasteiger partial charge in [-0.15, -0.1) is 24.0 Å². The lowest BCUT2D eigenvalue weighted by Gasteiger charge is -2.32. The summed E-state index contributed by atoms with van der Waals surface area (Å²) in [5.74, 6) is 2.31. The van der Waals surface area contributed by atoms with Gasteiger partial charge in [-0.1, -0.05) is 12.1 Å². The quantitative estimate of drug-likeness (QED) is 0.333. The first-order valence-corrected chi connectivity index (χ1v) is 10.2. The van der Waals surface area contributed by atoms with Gasteiger partial charge in [0.05, 0.1) is 20.8 Å². The molecule has 168 valence electrons. The molecule has 0 fully saturated rings. The molecule has 3 rings (SSSR count). The number of guanidine groups is 1. The first-order chi connectivity index (χ1) is 14.5. The molecular weight excluding hydrogens is 507 g/mol. The number of amides is 1. The zero-order valence-electron chi connectivity index (χ0n) is 18.5. The van der Waals surface area contributed by atoms with E-state index in [-0.39, 0.29) is 29.9 Å². The first-order valence-electron chi connectivity index (χ1n) is 10.2. The minimum Gasteiger partial charge on any atom is -0.493 e. The van der Waals surface area contributed by atoms with E-state index in [1.165, 1.54) is 18.1 Å². The first kappa shape index (κ1) is 24.8. The van der Waals surface area contributed by atoms with Gasteiger partial charge < -0.3 is 25.0 Å². The third-order valence-electron chi connectivity index (χ3n) is 5.01. The monoisotopic (exact) mass is 538 g/mol. The van der Waals surface area contributed by atoms with Crippen molar-refractivity contribution in [2.75, 3.05) is 32.6 Å². The zero-order valence-corrected chi connectivity index (χ0v) is 20.9. The maximum absolute atomic E-state index is 11.3. The number of hydrogen-bond acceptors (Lipinski definition) is 4. The number of benzene rings is 2. The van der Waals surface area contributed by atoms with E-state index in [0.29, 0.717) is 6.54 Å². The molecule has 7 nitrogen and oxygen atoms in total. The van der Waals surface area contributed by atoms with Crippen LogP contribution in [0.2, 0.25) is 0 Å². The van der Waals surface area contributed by atoms with E-state index in [0.717, 1.165) is 54.8 Å². The lowest BCUT2D eigenvalue weighted by molar-refractivity contribution is -0.114. The van der Waals surface area contributed by atoms with E-state index in [1.807, 2.05) is 24.3 Å². The summed E-state index contributed by atoms with van der Waals surface area (Å²) in [6.45, 7) is 6.53. The zero-order chi connectivity index (χ0) is 21.5. The number of anilines is 1. The normalized spacial score (nSPS) is 13.0. The van der Waals surface area contributed by atoms with Gasteiger partial charge in [-0.3, -0.25) is 4.79 Å². The molecule has 0 aliphatic carbocycles. The molecule has 1 heterocycles. The van der Waals surface area contributed by atoms with E-state index in [2.05, 4.69) is 34.6 Å². The topological polar surface area (TPSA) is 75.2 Å². The fraction of sp³-hybridized carbons (Fsp3) is 0.391. The van der Waals surface area contributed by atoms with Crippen LogP contribution in [0.25, 0.3) is 0 Å². The van der Waals surface area contributed by atoms with Crippen LogP contribution in [0, 0.1) is 0 Å². The van der Waals surface area contributed by atoms with Crippen molar-refractivity contribution in [1.82, 2.24) is 10.2 Å². The summed E-state index contributed by atoms with van der Waals surface area (Å²) in [7, 11) is 3.32. The Morgan fingerprint density at radius 2 is 1.84 bits per heavy atom. The minimum atomic E-state index is -0.0805. The average Bonchev–Trinajstić information content (AvgIpc) is 2.75. The van der Waals surface area contributed by atoms with E-state index in [1.54, 1.807) is 14.2 Å². The highest BCUT2D eigenvalue weighted by Gasteiger charge is 2.21. The summed E-state index contributed by atoms with van der Waals surface area (Å²) >= 11 is 0. The van der Waals surface area contributed by atoms with Gasteiger partial charge in [0.15, 0.2) is 17.5 Å². The molecule has 2 aromatic rings. The fourth-order valence-corrected chi connectivity index (χ4v) is 3.61. The fourth-order valence-electron chi connectivity index (χ4n) is 3.61. The Morgan fingerprint density at radius 3 is 2.48 bits per heavy atom. The van der Waals surface area contributed by atoms with Gasteiger partial charge >= 0.3 is 0 Å². The Bertz CT molecular complexity index is 933. The van der Waals surface area contributed by atoms with Crippen LogP contribution < -0.4 is 20.1 Å². The Morgan fingerprint density at radius 1 is 1.13 bits per heavy atom. The number of hydrogen-bond donors (Lipinski definition) is 2. The lowest BCUT2D eigenvalue weighted by Crippen LogP contribution is -2.44. The predicted octanol–water partition coefficient (Wildman–Crippen LogP) is 3.80. The molecule has 0 atom stereocenters. The van der Waals surface area contributed by atoms with Crippen LogP contribution in [0.15, 0.2) is 41.4 Å². The van der Waals surface area contributed by atoms with Gasteiger partial charge in [0, 0.05) is 32.2 Å². The molecule has 0 radical (unpaired) electrons. The smallest absolute Gasteiger partial charge is 0.221 e. The van der Waals surface area contributed by atoms with Crippen molar-refractivity contribution in [3.05, 3.63) is 53.1 Å². The summed E-state index contributed by atoms with van der Waals surface area (Å²) in [5.41, 5.74) is 4.33. The molecule has 0 bridgehead atoms. The van der Waals surface area contributed by atoms with Crippen LogP contribution in [0.4, 0.5) is 5.69 Å². The Hall–Kier alpha value is -2.49. The average molecular weight is 538 g/mol. The molecule has 31 heavy (non-hydrogen) atoms. The molecule has 8 heteroatoms. The number of methoxy groups -OCH3 is 2. The van der Waals surface area contributed by atoms with Crippen LogP contribution in [0.5, 0.6) is 11.5 Å². The molecule has 0 aromatic heterocycles. The summed E-state index contributed by atoms with van der Waals surface area (Å²) in [5, 5.41) is 6.22. The number of carbonyl (C=O) groups excluding carboxylic acids is 1. The number of halogens is 1. The second-order valence-electron chi connectivity index (χ2n) is 7.20. The lowest BCUT2D eigenvalue weighted by atomic mass is 9.99. The van der Waals surface area contributed by atoms with Crippen molar-refractivity contribution >= 4 is 41.5 Å². The molecule has 0 spiro atoms. The Balaban J connectivity index is 0.00000341. The maximum atomic E-state index is 11.3. The third kappa shape index (κ3) is 6.49. The highest BCUT2D eigenvalue weighted by Crippen LogP contribution is 2.33. The van der Waals surface area contributed by atoms with Crippen molar-refractivity contribution < 1.29 is 14.3 Å². The Labute approximate surface area is 201 Å². The number of nitrogens with one attached hydrogen (secondary N) is 2. The molecular formula is C23H31IN4O3. The van der Waals surface area contributed by atoms with E-state index >= 15 is 0 Å². The second kappa shape index (κ2) is 11.8. The number of nitrogens with zero attached hydrogens (tertiary/aromatic N) is 2. The summed E-state index contributed by atoms with van der Waals surface area (Å²) < 4.78 is 10.9. The van der Waals surface area contributed by atoms with Crippen LogP contribution in [0.1, 0.15) is 30.5 Å². The van der Waals surface area contributed by atoms with Gasteiger partial charge in [-0.05, 0) is 54.3 Å². The maximum Gasteiger partial charge on any atom is 0.221 e. The number of fused-ring (bicyclic) bond motifs is 1. The van der Waals surface area contributed by atoms with Crippen molar-refractivity contribution in [1.29, 1.82) is 0 Å². The number of rotatable bonds is 6. The third-order valence-corrected chi connectivity index (χ3v) is 5.01. The van der Waals surface area contributed by atoms with Crippen LogP contribution in [0.3, 0.4) is 0 Å². The van der Waals surface area contributed by atoms with Crippen LogP contribution >= 0.6 is 24.0 Å². The molecule has 2 aromatic carbocycles. The molecule has 0 unspecified atom stereocenters. The van der Waals surface area contributed by atoms with Crippen molar-refractivity contribution in [3.8, 4) is 11.5 Å². The molecule has 0 saturated heterocycles. The predicted molar refractivity (Wildman–Crippen MR) is 135 cm³/mol. The largest absolute Gasteiger partial charge is 0.493 e. The van der Waals surface area contributed by atoms with Gasteiger partial charge in [0.1, 0.15) is 0 Å². The van der Waals surface area contributed by atoms with Crippen LogP contribution in [-0.4, -0.2) is 44.1 Å². The second-order valence-corrected chi connectivity index (χ2v) is 7.20. The van der Waals surface area contributed by atoms with Gasteiger partial charge in [-0.2, -0.15) is 0 Å². The van der Waals surface area contributed by atoms with Gasteiger partial charge in [0.25, 0.3) is 0 Å². The molecule has 1 amide bonds. The highest BCUT2D eigenvalue weighted by molar-refractivity contribution is 14.0. The van der Waals surface area contributed by atoms with Crippen molar-refractivity contribution in [2.24, 2.45) is 4.99 Å². The summed E-state index contributed by atoms with van der Waals surface area (Å²) in [6, 6.07) is 11.9. The number of ether oxygens (including phenoxy) is 2. The van der Waals surface area contributed by atoms with E-state index in [9.17, 15) is 4.79 Å². The number of aliphatic imine (C=N–C) groups is 1. The Kier molecular flexibility index (Phi) is 9.42.